The number of halogens is 4. The van der Waals surface area contributed by atoms with Gasteiger partial charge in [0.05, 0.1) is 36.2 Å². The fourth-order valence-electron chi connectivity index (χ4n) is 11.2. The molecule has 0 bridgehead atoms. The lowest BCUT2D eigenvalue weighted by molar-refractivity contribution is 0.113. The van der Waals surface area contributed by atoms with Gasteiger partial charge in [-0.3, -0.25) is 9.80 Å². The van der Waals surface area contributed by atoms with Gasteiger partial charge in [-0.25, -0.2) is 35.9 Å². The number of unbranched alkanes of at least 4 members (excludes halogenated alkanes) is 1. The summed E-state index contributed by atoms with van der Waals surface area (Å²) in [7, 11) is -3.52. The summed E-state index contributed by atoms with van der Waals surface area (Å²) in [6.45, 7) is 13.8. The molecule has 4 aliphatic rings. The van der Waals surface area contributed by atoms with E-state index >= 15 is 0 Å². The van der Waals surface area contributed by atoms with Gasteiger partial charge in [0.2, 0.25) is 20.0 Å². The number of likely N-dealkylation sites (N-methyl/N-ethyl adjacent to an activating group) is 2. The fraction of sp³-hybridized carbons (Fsp3) is 0.536. The average Bonchev–Trinajstić information content (AvgIpc) is 4.10. The number of rotatable bonds is 25. The zero-order valence-corrected chi connectivity index (χ0v) is 50.7. The number of carbonyl (C=O) groups is 2. The molecule has 4 amide bonds. The molecule has 438 valence electrons. The van der Waals surface area contributed by atoms with Gasteiger partial charge in [0, 0.05) is 123 Å². The zero-order chi connectivity index (χ0) is 57.1. The molecule has 4 aliphatic heterocycles. The van der Waals surface area contributed by atoms with Gasteiger partial charge < -0.3 is 40.5 Å². The van der Waals surface area contributed by atoms with Crippen LogP contribution < -0.4 is 30.7 Å². The van der Waals surface area contributed by atoms with Crippen LogP contribution >= 0.6 is 46.4 Å². The van der Waals surface area contributed by atoms with Crippen LogP contribution in [0.25, 0.3) is 0 Å². The number of ether oxygens (including phenoxy) is 2. The molecule has 0 aliphatic carbocycles. The van der Waals surface area contributed by atoms with Crippen molar-refractivity contribution in [2.75, 3.05) is 119 Å². The Morgan fingerprint density at radius 1 is 0.537 bits per heavy atom. The van der Waals surface area contributed by atoms with Crippen LogP contribution in [0.1, 0.15) is 82.0 Å². The van der Waals surface area contributed by atoms with E-state index in [9.17, 15) is 26.4 Å². The van der Waals surface area contributed by atoms with E-state index < -0.39 is 20.0 Å². The standard InChI is InChI=1S/C56H76Cl4N10O8S2/c1-37-7-9-43(29-45(37)49-33-67(3)35-51-47(49)25-39(57)27-53(51)59)79(73,74)65-41-11-17-69(31-41)19-23-77-21-15-63-55(71)61-13-5-6-14-62-56(72)64-16-22-78-24-20-70-18-12-42(32-70)66-80(75,76)44-10-8-38(2)46(30-44)50-34-68(4)36-52-48(50)26-40(58)28-54(52)60/h7-10,25-30,41-42,49-50,65-66H,5-6,11-24,31-36H2,1-4H3,(H2,61,63,71)(H2,62,64,72)/t41-,42-,49?,50?/m1/s1. The molecule has 2 fully saturated rings. The van der Waals surface area contributed by atoms with Crippen molar-refractivity contribution < 1.29 is 35.9 Å². The minimum atomic E-state index is -3.79. The monoisotopic (exact) mass is 1220 g/mol. The second-order valence-corrected chi connectivity index (χ2v) is 26.7. The zero-order valence-electron chi connectivity index (χ0n) is 46.0. The van der Waals surface area contributed by atoms with E-state index in [4.69, 9.17) is 55.9 Å². The van der Waals surface area contributed by atoms with Gasteiger partial charge in [-0.2, -0.15) is 0 Å². The Morgan fingerprint density at radius 2 is 0.938 bits per heavy atom. The maximum Gasteiger partial charge on any atom is 0.314 e. The summed E-state index contributed by atoms with van der Waals surface area (Å²) in [5.74, 6) is -0.162. The molecule has 4 aromatic carbocycles. The van der Waals surface area contributed by atoms with Crippen LogP contribution in [-0.2, 0) is 42.6 Å². The molecule has 4 heterocycles. The molecule has 80 heavy (non-hydrogen) atoms. The number of likely N-dealkylation sites (tertiary alicyclic amines) is 2. The number of nitrogens with zero attached hydrogens (tertiary/aromatic N) is 4. The molecule has 24 heteroatoms. The van der Waals surface area contributed by atoms with E-state index in [0.717, 1.165) is 57.6 Å². The maximum absolute atomic E-state index is 13.7. The number of hydrogen-bond donors (Lipinski definition) is 6. The minimum absolute atomic E-state index is 0.0812. The highest BCUT2D eigenvalue weighted by atomic mass is 35.5. The molecule has 0 saturated carbocycles. The van der Waals surface area contributed by atoms with Crippen molar-refractivity contribution in [1.29, 1.82) is 0 Å². The van der Waals surface area contributed by atoms with Crippen LogP contribution in [0.4, 0.5) is 9.59 Å². The van der Waals surface area contributed by atoms with E-state index in [0.29, 0.717) is 151 Å². The van der Waals surface area contributed by atoms with Crippen LogP contribution in [0.2, 0.25) is 20.1 Å². The summed E-state index contributed by atoms with van der Waals surface area (Å²) in [5, 5.41) is 13.6. The lowest BCUT2D eigenvalue weighted by Gasteiger charge is -2.34. The second-order valence-electron chi connectivity index (χ2n) is 21.6. The summed E-state index contributed by atoms with van der Waals surface area (Å²) in [5.41, 5.74) is 7.94. The summed E-state index contributed by atoms with van der Waals surface area (Å²) >= 11 is 26.1. The summed E-state index contributed by atoms with van der Waals surface area (Å²) in [6.07, 6.45) is 2.72. The molecule has 4 atom stereocenters. The van der Waals surface area contributed by atoms with E-state index in [-0.39, 0.29) is 45.8 Å². The third-order valence-electron chi connectivity index (χ3n) is 15.4. The Kier molecular flexibility index (Phi) is 22.3. The molecule has 0 aromatic heterocycles. The highest BCUT2D eigenvalue weighted by molar-refractivity contribution is 7.89. The van der Waals surface area contributed by atoms with Gasteiger partial charge in [-0.15, -0.1) is 0 Å². The number of nitrogens with one attached hydrogen (secondary N) is 6. The number of carbonyl (C=O) groups excluding carboxylic acids is 2. The van der Waals surface area contributed by atoms with Gasteiger partial charge in [0.25, 0.3) is 0 Å². The molecule has 0 radical (unpaired) electrons. The molecule has 8 rings (SSSR count). The molecular weight excluding hydrogens is 1150 g/mol. The summed E-state index contributed by atoms with van der Waals surface area (Å²) in [6, 6.07) is 17.0. The van der Waals surface area contributed by atoms with E-state index in [1.807, 2.05) is 52.2 Å². The van der Waals surface area contributed by atoms with Gasteiger partial charge >= 0.3 is 12.1 Å². The summed E-state index contributed by atoms with van der Waals surface area (Å²) in [4.78, 5) is 33.8. The van der Waals surface area contributed by atoms with Crippen molar-refractivity contribution in [3.63, 3.8) is 0 Å². The molecule has 0 spiro atoms. The maximum atomic E-state index is 13.7. The minimum Gasteiger partial charge on any atom is -0.378 e. The van der Waals surface area contributed by atoms with Crippen molar-refractivity contribution in [3.05, 3.63) is 125 Å². The highest BCUT2D eigenvalue weighted by Crippen LogP contribution is 2.42. The normalized spacial score (nSPS) is 20.1. The van der Waals surface area contributed by atoms with Gasteiger partial charge in [-0.1, -0.05) is 58.5 Å². The number of aryl methyl sites for hydroxylation is 2. The average molecular weight is 1220 g/mol. The second kappa shape index (κ2) is 28.6. The van der Waals surface area contributed by atoms with Crippen LogP contribution in [0.3, 0.4) is 0 Å². The van der Waals surface area contributed by atoms with E-state index in [2.05, 4.69) is 50.3 Å². The van der Waals surface area contributed by atoms with Crippen molar-refractivity contribution in [2.45, 2.75) is 86.3 Å². The van der Waals surface area contributed by atoms with Crippen LogP contribution in [-0.4, -0.2) is 180 Å². The topological polar surface area (TPSA) is 206 Å². The number of fused-ring (bicyclic) bond motifs is 2. The largest absolute Gasteiger partial charge is 0.378 e. The first-order valence-corrected chi connectivity index (χ1v) is 31.9. The highest BCUT2D eigenvalue weighted by Gasteiger charge is 2.34. The van der Waals surface area contributed by atoms with E-state index in [1.165, 1.54) is 0 Å². The number of urea groups is 2. The Labute approximate surface area is 492 Å². The van der Waals surface area contributed by atoms with Gasteiger partial charge in [0.15, 0.2) is 0 Å². The molecule has 4 aromatic rings. The quantitative estimate of drug-likeness (QED) is 0.0376. The third-order valence-corrected chi connectivity index (χ3v) is 19.5. The molecule has 18 nitrogen and oxygen atoms in total. The van der Waals surface area contributed by atoms with Crippen molar-refractivity contribution in [3.8, 4) is 0 Å². The molecule has 2 saturated heterocycles. The smallest absolute Gasteiger partial charge is 0.314 e. The molecular formula is C56H76Cl4N10O8S2. The lowest BCUT2D eigenvalue weighted by Crippen LogP contribution is -2.39. The summed E-state index contributed by atoms with van der Waals surface area (Å²) < 4.78 is 72.1. The Morgan fingerprint density at radius 3 is 1.35 bits per heavy atom. The number of sulfonamides is 2. The first-order valence-electron chi connectivity index (χ1n) is 27.4. The number of benzene rings is 4. The van der Waals surface area contributed by atoms with Crippen LogP contribution in [0, 0.1) is 13.8 Å². The number of amides is 4. The van der Waals surface area contributed by atoms with Crippen LogP contribution in [0.5, 0.6) is 0 Å². The molecule has 2 unspecified atom stereocenters. The predicted octanol–water partition coefficient (Wildman–Crippen LogP) is 6.89. The third kappa shape index (κ3) is 16.9. The van der Waals surface area contributed by atoms with Crippen molar-refractivity contribution >= 4 is 78.5 Å². The Balaban J connectivity index is 0.619. The molecule has 6 N–H and O–H groups in total. The predicted molar refractivity (Wildman–Crippen MR) is 316 cm³/mol. The van der Waals surface area contributed by atoms with Gasteiger partial charge in [-0.05, 0) is 160 Å². The van der Waals surface area contributed by atoms with Crippen molar-refractivity contribution in [1.82, 2.24) is 50.3 Å². The van der Waals surface area contributed by atoms with Crippen LogP contribution in [0.15, 0.2) is 70.5 Å². The van der Waals surface area contributed by atoms with Crippen molar-refractivity contribution in [2.24, 2.45) is 0 Å². The van der Waals surface area contributed by atoms with Gasteiger partial charge in [0.1, 0.15) is 0 Å². The Hall–Kier alpha value is -3.84. The Bertz CT molecular complexity index is 2850. The van der Waals surface area contributed by atoms with E-state index in [1.54, 1.807) is 36.4 Å². The fourth-order valence-corrected chi connectivity index (χ4v) is 15.0. The SMILES string of the molecule is Cc1ccc(S(=O)(=O)N[C@@H]2CCN(CCOCCNC(=O)NCCCCNC(=O)NCCOCCN3CC[C@@H](NS(=O)(=O)c4ccc(C)c(C5CN(C)Cc6c(Cl)cc(Cl)cc65)c4)C3)C2)cc1C1CN(C)Cc2c(Cl)cc(Cl)cc21. The number of hydrogen-bond acceptors (Lipinski definition) is 12. The first kappa shape index (κ1) is 62.2. The lowest BCUT2D eigenvalue weighted by atomic mass is 9.83. The first-order chi connectivity index (χ1) is 38.2.